The van der Waals surface area contributed by atoms with E-state index in [2.05, 4.69) is 15.5 Å². The molecule has 1 amide bonds. The second-order valence-corrected chi connectivity index (χ2v) is 5.99. The maximum atomic E-state index is 12.5. The number of nitrogens with one attached hydrogen (secondary N) is 1. The first-order valence-electron chi connectivity index (χ1n) is 8.02. The number of benzene rings is 1. The summed E-state index contributed by atoms with van der Waals surface area (Å²) >= 11 is 0. The molecule has 2 aromatic heterocycles. The van der Waals surface area contributed by atoms with Crippen LogP contribution in [-0.2, 0) is 23.1 Å². The number of carbonyl (C=O) groups is 1. The van der Waals surface area contributed by atoms with Crippen LogP contribution in [0.5, 0.6) is 0 Å². The predicted octanol–water partition coefficient (Wildman–Crippen LogP) is 1.42. The van der Waals surface area contributed by atoms with Crippen molar-refractivity contribution < 1.29 is 9.53 Å². The molecule has 2 atom stereocenters. The van der Waals surface area contributed by atoms with E-state index in [0.717, 1.165) is 23.0 Å². The van der Waals surface area contributed by atoms with E-state index in [1.807, 2.05) is 37.4 Å². The average molecular weight is 325 g/mol. The third kappa shape index (κ3) is 2.67. The van der Waals surface area contributed by atoms with Gasteiger partial charge >= 0.3 is 0 Å². The summed E-state index contributed by atoms with van der Waals surface area (Å²) in [7, 11) is 1.88. The van der Waals surface area contributed by atoms with Crippen molar-refractivity contribution in [2.24, 2.45) is 7.05 Å². The largest absolute Gasteiger partial charge is 0.370 e. The van der Waals surface area contributed by atoms with Gasteiger partial charge in [-0.1, -0.05) is 18.2 Å². The van der Waals surface area contributed by atoms with Gasteiger partial charge in [-0.2, -0.15) is 10.2 Å². The lowest BCUT2D eigenvalue weighted by molar-refractivity contribution is -0.122. The summed E-state index contributed by atoms with van der Waals surface area (Å²) in [4.78, 5) is 12.5. The van der Waals surface area contributed by atoms with E-state index in [-0.39, 0.29) is 24.6 Å². The lowest BCUT2D eigenvalue weighted by atomic mass is 10.1. The van der Waals surface area contributed by atoms with Gasteiger partial charge < -0.3 is 10.1 Å². The molecule has 0 bridgehead atoms. The van der Waals surface area contributed by atoms with Gasteiger partial charge in [-0.05, 0) is 18.6 Å². The molecule has 0 spiro atoms. The second kappa shape index (κ2) is 6.09. The highest BCUT2D eigenvalue weighted by Gasteiger charge is 2.32. The van der Waals surface area contributed by atoms with Gasteiger partial charge in [-0.25, -0.2) is 0 Å². The lowest BCUT2D eigenvalue weighted by Crippen LogP contribution is -2.39. The molecule has 1 N–H and O–H groups in total. The average Bonchev–Trinajstić information content (AvgIpc) is 3.28. The van der Waals surface area contributed by atoms with E-state index in [1.165, 1.54) is 0 Å². The van der Waals surface area contributed by atoms with E-state index in [1.54, 1.807) is 21.8 Å². The second-order valence-electron chi connectivity index (χ2n) is 5.99. The smallest absolute Gasteiger partial charge is 0.242 e. The molecule has 3 heterocycles. The number of amides is 1. The minimum Gasteiger partial charge on any atom is -0.370 e. The number of para-hydroxylation sites is 1. The topological polar surface area (TPSA) is 74.0 Å². The lowest BCUT2D eigenvalue weighted by Gasteiger charge is -2.20. The first-order valence-corrected chi connectivity index (χ1v) is 8.02. The van der Waals surface area contributed by atoms with Crippen molar-refractivity contribution in [3.05, 3.63) is 48.4 Å². The Hall–Kier alpha value is -2.67. The summed E-state index contributed by atoms with van der Waals surface area (Å²) in [6, 6.07) is 9.74. The van der Waals surface area contributed by atoms with Crippen LogP contribution in [0.3, 0.4) is 0 Å². The van der Waals surface area contributed by atoms with Crippen LogP contribution < -0.4 is 5.32 Å². The Labute approximate surface area is 139 Å². The van der Waals surface area contributed by atoms with Crippen LogP contribution in [0.15, 0.2) is 42.7 Å². The fourth-order valence-electron chi connectivity index (χ4n) is 3.23. The van der Waals surface area contributed by atoms with Crippen LogP contribution in [0.4, 0.5) is 0 Å². The normalized spacial score (nSPS) is 20.5. The molecule has 1 fully saturated rings. The van der Waals surface area contributed by atoms with Gasteiger partial charge in [0.1, 0.15) is 12.6 Å². The fraction of sp³-hybridized carbons (Fsp3) is 0.353. The molecule has 3 aromatic rings. The monoisotopic (exact) mass is 325 g/mol. The Morgan fingerprint density at radius 3 is 3.04 bits per heavy atom. The molecule has 0 unspecified atom stereocenters. The quantitative estimate of drug-likeness (QED) is 0.787. The number of carbonyl (C=O) groups excluding carboxylic acids is 1. The fourth-order valence-corrected chi connectivity index (χ4v) is 3.23. The highest BCUT2D eigenvalue weighted by molar-refractivity contribution is 5.82. The van der Waals surface area contributed by atoms with Gasteiger partial charge in [0, 0.05) is 25.2 Å². The number of fused-ring (bicyclic) bond motifs is 1. The molecule has 0 radical (unpaired) electrons. The van der Waals surface area contributed by atoms with Crippen molar-refractivity contribution in [1.29, 1.82) is 0 Å². The van der Waals surface area contributed by atoms with Crippen LogP contribution in [0.25, 0.3) is 10.9 Å². The van der Waals surface area contributed by atoms with Crippen molar-refractivity contribution in [3.63, 3.8) is 0 Å². The van der Waals surface area contributed by atoms with E-state index < -0.39 is 0 Å². The molecule has 1 aliphatic rings. The molecular formula is C17H19N5O2. The molecular weight excluding hydrogens is 306 g/mol. The summed E-state index contributed by atoms with van der Waals surface area (Å²) in [5.74, 6) is -0.0634. The molecule has 0 saturated carbocycles. The molecule has 7 heteroatoms. The number of hydrogen-bond donors (Lipinski definition) is 1. The van der Waals surface area contributed by atoms with Crippen LogP contribution >= 0.6 is 0 Å². The van der Waals surface area contributed by atoms with Gasteiger partial charge in [0.05, 0.1) is 23.4 Å². The summed E-state index contributed by atoms with van der Waals surface area (Å²) in [5, 5.41) is 12.6. The maximum absolute atomic E-state index is 12.5. The van der Waals surface area contributed by atoms with Gasteiger partial charge in [0.15, 0.2) is 0 Å². The Morgan fingerprint density at radius 1 is 1.33 bits per heavy atom. The van der Waals surface area contributed by atoms with E-state index in [4.69, 9.17) is 4.74 Å². The molecule has 1 aromatic carbocycles. The minimum absolute atomic E-state index is 0.0465. The number of aryl methyl sites for hydroxylation is 1. The van der Waals surface area contributed by atoms with Gasteiger partial charge in [0.2, 0.25) is 5.91 Å². The molecule has 124 valence electrons. The molecule has 24 heavy (non-hydrogen) atoms. The number of rotatable bonds is 4. The van der Waals surface area contributed by atoms with E-state index in [0.29, 0.717) is 6.61 Å². The summed E-state index contributed by atoms with van der Waals surface area (Å²) < 4.78 is 9.31. The van der Waals surface area contributed by atoms with Crippen molar-refractivity contribution in [2.45, 2.75) is 25.1 Å². The highest BCUT2D eigenvalue weighted by Crippen LogP contribution is 2.28. The molecule has 1 saturated heterocycles. The van der Waals surface area contributed by atoms with Crippen LogP contribution in [0, 0.1) is 0 Å². The maximum Gasteiger partial charge on any atom is 0.242 e. The Morgan fingerprint density at radius 2 is 2.21 bits per heavy atom. The third-order valence-electron chi connectivity index (χ3n) is 4.43. The SMILES string of the molecule is Cn1nccc1[C@H]1OCC[C@@H]1NC(=O)Cn1ncc2ccccc21. The first-order chi connectivity index (χ1) is 11.7. The predicted molar refractivity (Wildman–Crippen MR) is 88.2 cm³/mol. The number of hydrogen-bond acceptors (Lipinski definition) is 4. The van der Waals surface area contributed by atoms with E-state index >= 15 is 0 Å². The van der Waals surface area contributed by atoms with Crippen molar-refractivity contribution in [1.82, 2.24) is 24.9 Å². The Bertz CT molecular complexity index is 869. The number of aromatic nitrogens is 4. The van der Waals surface area contributed by atoms with Crippen molar-refractivity contribution in [2.75, 3.05) is 6.61 Å². The zero-order valence-electron chi connectivity index (χ0n) is 13.4. The third-order valence-corrected chi connectivity index (χ3v) is 4.43. The Balaban J connectivity index is 1.47. The van der Waals surface area contributed by atoms with Gasteiger partial charge in [-0.15, -0.1) is 0 Å². The highest BCUT2D eigenvalue weighted by atomic mass is 16.5. The zero-order valence-corrected chi connectivity index (χ0v) is 13.4. The number of ether oxygens (including phenoxy) is 1. The summed E-state index contributed by atoms with van der Waals surface area (Å²) in [6.07, 6.45) is 4.16. The van der Waals surface area contributed by atoms with Crippen molar-refractivity contribution >= 4 is 16.8 Å². The van der Waals surface area contributed by atoms with Gasteiger partial charge in [-0.3, -0.25) is 14.2 Å². The molecule has 1 aliphatic heterocycles. The summed E-state index contributed by atoms with van der Waals surface area (Å²) in [6.45, 7) is 0.827. The van der Waals surface area contributed by atoms with Gasteiger partial charge in [0.25, 0.3) is 0 Å². The van der Waals surface area contributed by atoms with Crippen LogP contribution in [0.2, 0.25) is 0 Å². The minimum atomic E-state index is -0.157. The summed E-state index contributed by atoms with van der Waals surface area (Å²) in [5.41, 5.74) is 1.93. The number of nitrogens with zero attached hydrogens (tertiary/aromatic N) is 4. The first kappa shape index (κ1) is 14.9. The standard InChI is InChI=1S/C17H19N5O2/c1-21-15(6-8-18-21)17-13(7-9-24-17)20-16(23)11-22-14-5-3-2-4-12(14)10-19-22/h2-6,8,10,13,17H,7,9,11H2,1H3,(H,20,23)/t13-,17-/m0/s1. The molecule has 7 nitrogen and oxygen atoms in total. The van der Waals surface area contributed by atoms with E-state index in [9.17, 15) is 4.79 Å². The molecule has 0 aliphatic carbocycles. The molecule has 4 rings (SSSR count). The zero-order chi connectivity index (χ0) is 16.5. The van der Waals surface area contributed by atoms with Crippen LogP contribution in [-0.4, -0.2) is 38.1 Å². The van der Waals surface area contributed by atoms with Crippen LogP contribution in [0.1, 0.15) is 18.2 Å². The Kier molecular flexibility index (Phi) is 3.78. The van der Waals surface area contributed by atoms with Crippen molar-refractivity contribution in [3.8, 4) is 0 Å².